The van der Waals surface area contributed by atoms with Gasteiger partial charge in [0, 0.05) is 54.6 Å². The van der Waals surface area contributed by atoms with Crippen molar-refractivity contribution in [3.63, 3.8) is 0 Å². The van der Waals surface area contributed by atoms with Crippen LogP contribution in [0.5, 0.6) is 0 Å². The highest BCUT2D eigenvalue weighted by atomic mass is 16.6. The van der Waals surface area contributed by atoms with Crippen LogP contribution in [-0.2, 0) is 9.59 Å². The number of hydrogen-bond acceptors (Lipinski definition) is 6. The molecule has 1 saturated heterocycles. The Morgan fingerprint density at radius 2 is 1.79 bits per heavy atom. The Balaban J connectivity index is 1.43. The minimum atomic E-state index is -0.600. The van der Waals surface area contributed by atoms with Gasteiger partial charge in [-0.2, -0.15) is 0 Å². The van der Waals surface area contributed by atoms with Crippen molar-refractivity contribution in [2.75, 3.05) is 29.9 Å². The molecule has 1 heterocycles. The Labute approximate surface area is 191 Å². The first-order valence-corrected chi connectivity index (χ1v) is 10.8. The molecule has 3 amide bonds. The van der Waals surface area contributed by atoms with E-state index in [4.69, 9.17) is 0 Å². The van der Waals surface area contributed by atoms with Crippen LogP contribution >= 0.6 is 0 Å². The fraction of sp³-hybridized carbons (Fsp3) is 0.348. The van der Waals surface area contributed by atoms with Crippen LogP contribution in [-0.4, -0.2) is 48.3 Å². The number of carbonyl (C=O) groups is 3. The summed E-state index contributed by atoms with van der Waals surface area (Å²) >= 11 is 0. The number of nitrogens with one attached hydrogen (secondary N) is 3. The van der Waals surface area contributed by atoms with E-state index in [1.165, 1.54) is 31.0 Å². The molecule has 0 bridgehead atoms. The van der Waals surface area contributed by atoms with E-state index in [2.05, 4.69) is 20.9 Å². The average molecular weight is 453 g/mol. The van der Waals surface area contributed by atoms with Gasteiger partial charge in [-0.05, 0) is 44.0 Å². The zero-order valence-electron chi connectivity index (χ0n) is 18.4. The summed E-state index contributed by atoms with van der Waals surface area (Å²) in [7, 11) is 0. The van der Waals surface area contributed by atoms with Crippen LogP contribution in [0.25, 0.3) is 0 Å². The predicted octanol–water partition coefficient (Wildman–Crippen LogP) is 2.46. The molecule has 0 aliphatic carbocycles. The second kappa shape index (κ2) is 11.1. The third kappa shape index (κ3) is 7.03. The van der Waals surface area contributed by atoms with Crippen LogP contribution < -0.4 is 20.9 Å². The molecule has 33 heavy (non-hydrogen) atoms. The van der Waals surface area contributed by atoms with Crippen molar-refractivity contribution in [2.24, 2.45) is 0 Å². The topological polar surface area (TPSA) is 134 Å². The molecule has 0 spiro atoms. The Kier molecular flexibility index (Phi) is 7.96. The number of anilines is 2. The standard InChI is InChI=1S/C23H27N5O5/c1-16(12-21(29)26-18-7-5-8-19(14-18)27-10-2-3-11-27)25-22(30)15-24-23(31)17-6-4-9-20(13-17)28(32)33/h4-9,13-14,16H,2-3,10-12,15H2,1H3,(H,24,31)(H,25,30)(H,26,29). The summed E-state index contributed by atoms with van der Waals surface area (Å²) in [4.78, 5) is 49.1. The van der Waals surface area contributed by atoms with Crippen LogP contribution in [0.4, 0.5) is 17.1 Å². The van der Waals surface area contributed by atoms with Gasteiger partial charge in [0.2, 0.25) is 11.8 Å². The highest BCUT2D eigenvalue weighted by Gasteiger charge is 2.16. The van der Waals surface area contributed by atoms with E-state index in [-0.39, 0.29) is 30.1 Å². The molecule has 2 aromatic carbocycles. The van der Waals surface area contributed by atoms with E-state index in [1.54, 1.807) is 6.92 Å². The maximum atomic E-state index is 12.4. The molecule has 3 rings (SSSR count). The van der Waals surface area contributed by atoms with E-state index in [0.29, 0.717) is 5.69 Å². The van der Waals surface area contributed by atoms with Crippen LogP contribution in [0.2, 0.25) is 0 Å². The molecule has 174 valence electrons. The van der Waals surface area contributed by atoms with Gasteiger partial charge in [-0.1, -0.05) is 12.1 Å². The first kappa shape index (κ1) is 23.7. The Morgan fingerprint density at radius 3 is 2.52 bits per heavy atom. The summed E-state index contributed by atoms with van der Waals surface area (Å²) in [5, 5.41) is 18.7. The Hall–Kier alpha value is -3.95. The Morgan fingerprint density at radius 1 is 1.06 bits per heavy atom. The third-order valence-electron chi connectivity index (χ3n) is 5.23. The van der Waals surface area contributed by atoms with Crippen molar-refractivity contribution in [3.05, 3.63) is 64.2 Å². The van der Waals surface area contributed by atoms with Crippen LogP contribution in [0.3, 0.4) is 0 Å². The number of rotatable bonds is 9. The molecular formula is C23H27N5O5. The average Bonchev–Trinajstić information content (AvgIpc) is 3.32. The number of nitro groups is 1. The van der Waals surface area contributed by atoms with Crippen molar-refractivity contribution in [1.29, 1.82) is 0 Å². The molecule has 0 saturated carbocycles. The van der Waals surface area contributed by atoms with Crippen LogP contribution in [0.1, 0.15) is 36.5 Å². The molecule has 2 aromatic rings. The minimum Gasteiger partial charge on any atom is -0.371 e. The number of benzene rings is 2. The highest BCUT2D eigenvalue weighted by Crippen LogP contribution is 2.23. The van der Waals surface area contributed by atoms with Crippen molar-refractivity contribution < 1.29 is 19.3 Å². The molecule has 0 aromatic heterocycles. The van der Waals surface area contributed by atoms with Gasteiger partial charge in [-0.15, -0.1) is 0 Å². The van der Waals surface area contributed by atoms with Crippen molar-refractivity contribution >= 4 is 34.8 Å². The largest absolute Gasteiger partial charge is 0.371 e. The first-order valence-electron chi connectivity index (χ1n) is 10.8. The van der Waals surface area contributed by atoms with Gasteiger partial charge in [0.1, 0.15) is 0 Å². The normalized spacial score (nSPS) is 13.8. The minimum absolute atomic E-state index is 0.0680. The molecule has 0 radical (unpaired) electrons. The molecule has 1 fully saturated rings. The zero-order chi connectivity index (χ0) is 23.8. The number of nitro benzene ring substituents is 1. The molecule has 10 nitrogen and oxygen atoms in total. The molecule has 1 unspecified atom stereocenters. The number of nitrogens with zero attached hydrogens (tertiary/aromatic N) is 2. The fourth-order valence-corrected chi connectivity index (χ4v) is 3.65. The lowest BCUT2D eigenvalue weighted by atomic mass is 10.2. The maximum absolute atomic E-state index is 12.4. The van der Waals surface area contributed by atoms with Gasteiger partial charge in [0.15, 0.2) is 0 Å². The van der Waals surface area contributed by atoms with Crippen molar-refractivity contribution in [3.8, 4) is 0 Å². The van der Waals surface area contributed by atoms with Gasteiger partial charge in [-0.25, -0.2) is 0 Å². The van der Waals surface area contributed by atoms with E-state index < -0.39 is 22.8 Å². The second-order valence-electron chi connectivity index (χ2n) is 7.96. The van der Waals surface area contributed by atoms with Crippen LogP contribution in [0, 0.1) is 10.1 Å². The summed E-state index contributed by atoms with van der Waals surface area (Å²) in [6, 6.07) is 12.5. The molecule has 3 N–H and O–H groups in total. The lowest BCUT2D eigenvalue weighted by Gasteiger charge is -2.19. The molecule has 1 aliphatic heterocycles. The SMILES string of the molecule is CC(CC(=O)Nc1cccc(N2CCCC2)c1)NC(=O)CNC(=O)c1cccc([N+](=O)[O-])c1. The summed E-state index contributed by atoms with van der Waals surface area (Å²) in [6.07, 6.45) is 2.40. The van der Waals surface area contributed by atoms with Gasteiger partial charge in [0.05, 0.1) is 11.5 Å². The smallest absolute Gasteiger partial charge is 0.270 e. The highest BCUT2D eigenvalue weighted by molar-refractivity contribution is 5.97. The van der Waals surface area contributed by atoms with Gasteiger partial charge < -0.3 is 20.9 Å². The second-order valence-corrected chi connectivity index (χ2v) is 7.96. The zero-order valence-corrected chi connectivity index (χ0v) is 18.4. The summed E-state index contributed by atoms with van der Waals surface area (Å²) in [5.41, 5.74) is 1.65. The Bertz CT molecular complexity index is 1040. The summed E-state index contributed by atoms with van der Waals surface area (Å²) in [6.45, 7) is 3.40. The molecular weight excluding hydrogens is 426 g/mol. The maximum Gasteiger partial charge on any atom is 0.270 e. The van der Waals surface area contributed by atoms with E-state index in [0.717, 1.165) is 24.8 Å². The van der Waals surface area contributed by atoms with Gasteiger partial charge in [-0.3, -0.25) is 24.5 Å². The lowest BCUT2D eigenvalue weighted by Crippen LogP contribution is -2.42. The van der Waals surface area contributed by atoms with E-state index >= 15 is 0 Å². The van der Waals surface area contributed by atoms with Crippen LogP contribution in [0.15, 0.2) is 48.5 Å². The number of hydrogen-bond donors (Lipinski definition) is 3. The number of carbonyl (C=O) groups excluding carboxylic acids is 3. The quantitative estimate of drug-likeness (QED) is 0.394. The fourth-order valence-electron chi connectivity index (χ4n) is 3.65. The van der Waals surface area contributed by atoms with Crippen molar-refractivity contribution in [2.45, 2.75) is 32.2 Å². The monoisotopic (exact) mass is 453 g/mol. The third-order valence-corrected chi connectivity index (χ3v) is 5.23. The molecule has 1 aliphatic rings. The van der Waals surface area contributed by atoms with Gasteiger partial charge in [0.25, 0.3) is 11.6 Å². The predicted molar refractivity (Wildman–Crippen MR) is 124 cm³/mol. The number of non-ortho nitro benzene ring substituents is 1. The molecule has 10 heteroatoms. The van der Waals surface area contributed by atoms with E-state index in [9.17, 15) is 24.5 Å². The molecule has 1 atom stereocenters. The number of amides is 3. The first-order chi connectivity index (χ1) is 15.8. The van der Waals surface area contributed by atoms with Gasteiger partial charge >= 0.3 is 0 Å². The lowest BCUT2D eigenvalue weighted by molar-refractivity contribution is -0.384. The summed E-state index contributed by atoms with van der Waals surface area (Å²) < 4.78 is 0. The van der Waals surface area contributed by atoms with Crippen molar-refractivity contribution in [1.82, 2.24) is 10.6 Å². The van der Waals surface area contributed by atoms with E-state index in [1.807, 2.05) is 24.3 Å². The summed E-state index contributed by atoms with van der Waals surface area (Å²) in [5.74, 6) is -1.30.